The molecular weight excluding hydrogens is 384 g/mol. The highest BCUT2D eigenvalue weighted by atomic mass is 16.5. The first-order valence-corrected chi connectivity index (χ1v) is 9.86. The molecule has 0 saturated heterocycles. The number of alkyl carbamates (subject to hydrolysis) is 1. The molecule has 7 heteroatoms. The maximum absolute atomic E-state index is 12.3. The van der Waals surface area contributed by atoms with E-state index in [1.165, 1.54) is 0 Å². The van der Waals surface area contributed by atoms with Gasteiger partial charge in [-0.3, -0.25) is 0 Å². The number of carbonyl (C=O) groups excluding carboxylic acids is 1. The number of aliphatic carboxylic acids is 1. The summed E-state index contributed by atoms with van der Waals surface area (Å²) in [7, 11) is 0. The summed E-state index contributed by atoms with van der Waals surface area (Å²) in [5.74, 6) is -1.66. The molecule has 2 aliphatic rings. The molecule has 4 rings (SSSR count). The summed E-state index contributed by atoms with van der Waals surface area (Å²) in [6.07, 6.45) is -0.590. The highest BCUT2D eigenvalue weighted by Crippen LogP contribution is 2.44. The molecule has 30 heavy (non-hydrogen) atoms. The lowest BCUT2D eigenvalue weighted by Crippen LogP contribution is -2.52. The molecule has 0 radical (unpaired) electrons. The number of carbonyl (C=O) groups is 2. The molecule has 0 aromatic heterocycles. The number of ether oxygens (including phenoxy) is 1. The second-order valence-electron chi connectivity index (χ2n) is 8.02. The van der Waals surface area contributed by atoms with E-state index in [1.807, 2.05) is 54.6 Å². The minimum atomic E-state index is -1.29. The summed E-state index contributed by atoms with van der Waals surface area (Å²) in [5.41, 5.74) is 3.08. The number of nitrogens with zero attached hydrogens (tertiary/aromatic N) is 1. The van der Waals surface area contributed by atoms with Gasteiger partial charge in [-0.05, 0) is 35.1 Å². The van der Waals surface area contributed by atoms with Crippen molar-refractivity contribution >= 4 is 12.1 Å². The van der Waals surface area contributed by atoms with Gasteiger partial charge in [0.2, 0.25) is 0 Å². The van der Waals surface area contributed by atoms with Gasteiger partial charge in [0.15, 0.2) is 0 Å². The van der Waals surface area contributed by atoms with Crippen molar-refractivity contribution in [3.8, 4) is 17.2 Å². The van der Waals surface area contributed by atoms with Gasteiger partial charge >= 0.3 is 12.1 Å². The third kappa shape index (κ3) is 3.74. The van der Waals surface area contributed by atoms with Crippen LogP contribution in [0.4, 0.5) is 4.79 Å². The Morgan fingerprint density at radius 3 is 2.23 bits per heavy atom. The molecule has 1 unspecified atom stereocenters. The zero-order chi connectivity index (χ0) is 21.3. The largest absolute Gasteiger partial charge is 0.480 e. The van der Waals surface area contributed by atoms with Crippen LogP contribution in [0, 0.1) is 17.2 Å². The fraction of sp³-hybridized carbons (Fsp3) is 0.348. The monoisotopic (exact) mass is 406 g/mol. The Labute approximate surface area is 173 Å². The number of hydrogen-bond donors (Lipinski definition) is 3. The zero-order valence-corrected chi connectivity index (χ0v) is 16.2. The van der Waals surface area contributed by atoms with E-state index in [2.05, 4.69) is 5.32 Å². The molecule has 2 aromatic carbocycles. The number of benzene rings is 2. The lowest BCUT2D eigenvalue weighted by molar-refractivity contribution is -0.143. The lowest BCUT2D eigenvalue weighted by atomic mass is 9.68. The Kier molecular flexibility index (Phi) is 5.18. The van der Waals surface area contributed by atoms with Crippen molar-refractivity contribution in [3.63, 3.8) is 0 Å². The quantitative estimate of drug-likeness (QED) is 0.678. The predicted octanol–water partition coefficient (Wildman–Crippen LogP) is 3.03. The van der Waals surface area contributed by atoms with Crippen LogP contribution in [0.1, 0.15) is 36.3 Å². The number of aliphatic hydroxyl groups is 1. The third-order valence-electron chi connectivity index (χ3n) is 5.95. The molecule has 2 aliphatic carbocycles. The van der Waals surface area contributed by atoms with Crippen LogP contribution in [-0.2, 0) is 9.53 Å². The van der Waals surface area contributed by atoms with Gasteiger partial charge < -0.3 is 20.3 Å². The SMILES string of the molecule is N#CC1CC(O)(CC(NC(=O)OCC2c3ccccc3-c3ccccc32)C(=O)O)C1. The molecule has 0 heterocycles. The molecule has 154 valence electrons. The van der Waals surface area contributed by atoms with Crippen LogP contribution in [-0.4, -0.2) is 40.5 Å². The number of carboxylic acid groups (broad SMARTS) is 1. The molecule has 1 amide bonds. The Bertz CT molecular complexity index is 977. The Morgan fingerprint density at radius 1 is 1.13 bits per heavy atom. The molecule has 1 atom stereocenters. The van der Waals surface area contributed by atoms with Crippen LogP contribution >= 0.6 is 0 Å². The molecule has 1 saturated carbocycles. The lowest BCUT2D eigenvalue weighted by Gasteiger charge is -2.41. The first kappa shape index (κ1) is 19.9. The van der Waals surface area contributed by atoms with Crippen molar-refractivity contribution < 1.29 is 24.5 Å². The number of hydrogen-bond acceptors (Lipinski definition) is 5. The maximum Gasteiger partial charge on any atom is 0.407 e. The first-order chi connectivity index (χ1) is 14.4. The molecule has 3 N–H and O–H groups in total. The minimum absolute atomic E-state index is 0.0764. The van der Waals surface area contributed by atoms with E-state index in [0.29, 0.717) is 0 Å². The van der Waals surface area contributed by atoms with E-state index in [0.717, 1.165) is 22.3 Å². The molecule has 1 fully saturated rings. The maximum atomic E-state index is 12.3. The molecule has 0 bridgehead atoms. The van der Waals surface area contributed by atoms with Crippen molar-refractivity contribution in [2.24, 2.45) is 5.92 Å². The number of fused-ring (bicyclic) bond motifs is 3. The standard InChI is InChI=1S/C23H22N2O5/c24-12-14-9-23(29,10-14)11-20(21(26)27)25-22(28)30-13-19-17-7-3-1-5-15(17)16-6-2-4-8-18(16)19/h1-8,14,19-20,29H,9-11,13H2,(H,25,28)(H,26,27). The average Bonchev–Trinajstić information content (AvgIpc) is 3.03. The Morgan fingerprint density at radius 2 is 1.70 bits per heavy atom. The van der Waals surface area contributed by atoms with Crippen LogP contribution in [0.2, 0.25) is 0 Å². The molecule has 7 nitrogen and oxygen atoms in total. The fourth-order valence-electron chi connectivity index (χ4n) is 4.48. The zero-order valence-electron chi connectivity index (χ0n) is 16.2. The smallest absolute Gasteiger partial charge is 0.407 e. The van der Waals surface area contributed by atoms with Gasteiger partial charge in [0, 0.05) is 12.3 Å². The second kappa shape index (κ2) is 7.81. The Hall–Kier alpha value is -3.37. The summed E-state index contributed by atoms with van der Waals surface area (Å²) < 4.78 is 5.38. The summed E-state index contributed by atoms with van der Waals surface area (Å²) in [6.45, 7) is 0.0764. The van der Waals surface area contributed by atoms with Gasteiger partial charge in [-0.2, -0.15) is 5.26 Å². The number of amides is 1. The van der Waals surface area contributed by atoms with E-state index < -0.39 is 23.7 Å². The molecule has 0 spiro atoms. The molecule has 0 aliphatic heterocycles. The van der Waals surface area contributed by atoms with Gasteiger partial charge in [-0.1, -0.05) is 48.5 Å². The number of nitriles is 1. The topological polar surface area (TPSA) is 120 Å². The molecular formula is C23H22N2O5. The van der Waals surface area contributed by atoms with Crippen LogP contribution in [0.3, 0.4) is 0 Å². The van der Waals surface area contributed by atoms with Gasteiger partial charge in [0.25, 0.3) is 0 Å². The van der Waals surface area contributed by atoms with Crippen LogP contribution < -0.4 is 5.32 Å². The summed E-state index contributed by atoms with van der Waals surface area (Å²) in [5, 5.41) is 31.0. The van der Waals surface area contributed by atoms with E-state index in [4.69, 9.17) is 10.00 Å². The number of carboxylic acids is 1. The normalized spacial score (nSPS) is 22.7. The van der Waals surface area contributed by atoms with Crippen LogP contribution in [0.25, 0.3) is 11.1 Å². The van der Waals surface area contributed by atoms with Crippen molar-refractivity contribution in [3.05, 3.63) is 59.7 Å². The van der Waals surface area contributed by atoms with E-state index in [1.54, 1.807) is 0 Å². The second-order valence-corrected chi connectivity index (χ2v) is 8.02. The average molecular weight is 406 g/mol. The van der Waals surface area contributed by atoms with Gasteiger partial charge in [-0.15, -0.1) is 0 Å². The fourth-order valence-corrected chi connectivity index (χ4v) is 4.48. The minimum Gasteiger partial charge on any atom is -0.480 e. The first-order valence-electron chi connectivity index (χ1n) is 9.86. The van der Waals surface area contributed by atoms with Gasteiger partial charge in [0.1, 0.15) is 12.6 Å². The van der Waals surface area contributed by atoms with Crippen molar-refractivity contribution in [1.82, 2.24) is 5.32 Å². The van der Waals surface area contributed by atoms with Gasteiger partial charge in [0.05, 0.1) is 17.6 Å². The van der Waals surface area contributed by atoms with Crippen LogP contribution in [0.15, 0.2) is 48.5 Å². The molecule has 2 aromatic rings. The summed E-state index contributed by atoms with van der Waals surface area (Å²) in [4.78, 5) is 23.9. The van der Waals surface area contributed by atoms with Crippen LogP contribution in [0.5, 0.6) is 0 Å². The van der Waals surface area contributed by atoms with Crippen molar-refractivity contribution in [2.75, 3.05) is 6.61 Å². The predicted molar refractivity (Wildman–Crippen MR) is 108 cm³/mol. The highest BCUT2D eigenvalue weighted by Gasteiger charge is 2.45. The summed E-state index contributed by atoms with van der Waals surface area (Å²) in [6, 6.07) is 16.6. The third-order valence-corrected chi connectivity index (χ3v) is 5.95. The van der Waals surface area contributed by atoms with Crippen molar-refractivity contribution in [1.29, 1.82) is 5.26 Å². The Balaban J connectivity index is 1.40. The van der Waals surface area contributed by atoms with Gasteiger partial charge in [-0.25, -0.2) is 9.59 Å². The number of nitrogens with one attached hydrogen (secondary N) is 1. The van der Waals surface area contributed by atoms with E-state index >= 15 is 0 Å². The summed E-state index contributed by atoms with van der Waals surface area (Å²) >= 11 is 0. The van der Waals surface area contributed by atoms with E-state index in [9.17, 15) is 19.8 Å². The highest BCUT2D eigenvalue weighted by molar-refractivity contribution is 5.81. The van der Waals surface area contributed by atoms with E-state index in [-0.39, 0.29) is 37.7 Å². The number of rotatable bonds is 6. The van der Waals surface area contributed by atoms with Crippen molar-refractivity contribution in [2.45, 2.75) is 36.8 Å².